The number of rotatable bonds is 8. The molecule has 0 saturated heterocycles. The van der Waals surface area contributed by atoms with Gasteiger partial charge in [0.05, 0.1) is 0 Å². The van der Waals surface area contributed by atoms with Gasteiger partial charge >= 0.3 is 0 Å². The lowest BCUT2D eigenvalue weighted by Gasteiger charge is -2.27. The van der Waals surface area contributed by atoms with E-state index >= 15 is 0 Å². The Morgan fingerprint density at radius 3 is 2.50 bits per heavy atom. The summed E-state index contributed by atoms with van der Waals surface area (Å²) in [7, 11) is 0. The van der Waals surface area contributed by atoms with E-state index in [1.165, 1.54) is 71.0 Å². The number of hydrogen-bond acceptors (Lipinski definition) is 2. The zero-order chi connectivity index (χ0) is 11.3. The molecule has 0 atom stereocenters. The smallest absolute Gasteiger partial charge is 0.00682 e. The summed E-state index contributed by atoms with van der Waals surface area (Å²) in [4.78, 5) is 0. The van der Waals surface area contributed by atoms with Gasteiger partial charge in [-0.15, -0.1) is 0 Å². The molecular weight excluding hydrogens is 196 g/mol. The first-order valence-electron chi connectivity index (χ1n) is 7.29. The third kappa shape index (κ3) is 3.74. The van der Waals surface area contributed by atoms with Crippen molar-refractivity contribution in [2.45, 2.75) is 64.3 Å². The third-order valence-electron chi connectivity index (χ3n) is 4.45. The molecule has 0 aromatic rings. The summed E-state index contributed by atoms with van der Waals surface area (Å²) >= 11 is 0. The quantitative estimate of drug-likeness (QED) is 0.619. The molecule has 0 aromatic carbocycles. The minimum atomic E-state index is 0.657. The molecule has 0 radical (unpaired) electrons. The Morgan fingerprint density at radius 1 is 1.12 bits per heavy atom. The first-order chi connectivity index (χ1) is 7.85. The van der Waals surface area contributed by atoms with Gasteiger partial charge in [0, 0.05) is 12.6 Å². The van der Waals surface area contributed by atoms with Crippen molar-refractivity contribution in [3.8, 4) is 0 Å². The van der Waals surface area contributed by atoms with Crippen LogP contribution in [0.2, 0.25) is 0 Å². The summed E-state index contributed by atoms with van der Waals surface area (Å²) < 4.78 is 0. The van der Waals surface area contributed by atoms with E-state index < -0.39 is 0 Å². The second-order valence-electron chi connectivity index (χ2n) is 5.82. The second-order valence-corrected chi connectivity index (χ2v) is 5.82. The van der Waals surface area contributed by atoms with Crippen LogP contribution in [-0.4, -0.2) is 25.7 Å². The Labute approximate surface area is 101 Å². The van der Waals surface area contributed by atoms with Crippen molar-refractivity contribution >= 4 is 0 Å². The highest BCUT2D eigenvalue weighted by atomic mass is 15.0. The minimum absolute atomic E-state index is 0.657. The molecule has 2 rings (SSSR count). The molecule has 0 heterocycles. The normalized spacial score (nSPS) is 23.8. The van der Waals surface area contributed by atoms with Gasteiger partial charge in [0.2, 0.25) is 0 Å². The zero-order valence-electron chi connectivity index (χ0n) is 10.9. The molecule has 0 aromatic heterocycles. The maximum atomic E-state index is 3.67. The lowest BCUT2D eigenvalue weighted by atomic mass is 9.83. The monoisotopic (exact) mass is 224 g/mol. The molecule has 2 aliphatic rings. The highest BCUT2D eigenvalue weighted by Crippen LogP contribution is 2.40. The Hall–Kier alpha value is -0.0800. The van der Waals surface area contributed by atoms with E-state index in [0.717, 1.165) is 6.04 Å². The van der Waals surface area contributed by atoms with Crippen LogP contribution in [0.1, 0.15) is 58.3 Å². The lowest BCUT2D eigenvalue weighted by molar-refractivity contribution is 0.268. The summed E-state index contributed by atoms with van der Waals surface area (Å²) in [5.74, 6) is 0. The number of hydrogen-bond donors (Lipinski definition) is 2. The molecule has 2 aliphatic carbocycles. The van der Waals surface area contributed by atoms with Crippen LogP contribution in [0.3, 0.4) is 0 Å². The lowest BCUT2D eigenvalue weighted by Crippen LogP contribution is -2.33. The standard InChI is InChI=1S/C14H28N2/c1-2-14(8-3-4-9-14)12-15-10-5-11-16-13-6-7-13/h13,15-16H,2-12H2,1H3. The summed E-state index contributed by atoms with van der Waals surface area (Å²) in [5.41, 5.74) is 0.657. The second kappa shape index (κ2) is 6.02. The number of nitrogens with one attached hydrogen (secondary N) is 2. The highest BCUT2D eigenvalue weighted by Gasteiger charge is 2.31. The fourth-order valence-corrected chi connectivity index (χ4v) is 2.94. The molecule has 94 valence electrons. The molecule has 2 fully saturated rings. The van der Waals surface area contributed by atoms with Crippen LogP contribution in [0.5, 0.6) is 0 Å². The molecule has 2 saturated carbocycles. The van der Waals surface area contributed by atoms with Crippen LogP contribution in [0.4, 0.5) is 0 Å². The van der Waals surface area contributed by atoms with Crippen molar-refractivity contribution in [2.24, 2.45) is 5.41 Å². The van der Waals surface area contributed by atoms with Crippen LogP contribution in [0.25, 0.3) is 0 Å². The molecule has 0 spiro atoms. The predicted molar refractivity (Wildman–Crippen MR) is 69.7 cm³/mol. The van der Waals surface area contributed by atoms with E-state index in [2.05, 4.69) is 17.6 Å². The van der Waals surface area contributed by atoms with Gasteiger partial charge in [-0.1, -0.05) is 19.8 Å². The highest BCUT2D eigenvalue weighted by molar-refractivity contribution is 4.85. The van der Waals surface area contributed by atoms with Crippen molar-refractivity contribution < 1.29 is 0 Å². The van der Waals surface area contributed by atoms with E-state index in [-0.39, 0.29) is 0 Å². The molecule has 0 amide bonds. The van der Waals surface area contributed by atoms with Gasteiger partial charge in [-0.2, -0.15) is 0 Å². The topological polar surface area (TPSA) is 24.1 Å². The Morgan fingerprint density at radius 2 is 1.88 bits per heavy atom. The molecule has 2 heteroatoms. The van der Waals surface area contributed by atoms with Crippen molar-refractivity contribution in [2.75, 3.05) is 19.6 Å². The van der Waals surface area contributed by atoms with Gasteiger partial charge < -0.3 is 10.6 Å². The van der Waals surface area contributed by atoms with E-state index in [0.29, 0.717) is 5.41 Å². The van der Waals surface area contributed by atoms with E-state index in [1.54, 1.807) is 0 Å². The molecule has 2 N–H and O–H groups in total. The van der Waals surface area contributed by atoms with Crippen molar-refractivity contribution in [3.63, 3.8) is 0 Å². The average Bonchev–Trinajstić information content (AvgIpc) is 3.01. The molecule has 0 unspecified atom stereocenters. The maximum absolute atomic E-state index is 3.67. The van der Waals surface area contributed by atoms with Crippen molar-refractivity contribution in [1.82, 2.24) is 10.6 Å². The fraction of sp³-hybridized carbons (Fsp3) is 1.00. The first-order valence-corrected chi connectivity index (χ1v) is 7.29. The van der Waals surface area contributed by atoms with Crippen LogP contribution >= 0.6 is 0 Å². The molecule has 2 nitrogen and oxygen atoms in total. The maximum Gasteiger partial charge on any atom is 0.00682 e. The summed E-state index contributed by atoms with van der Waals surface area (Å²) in [6.07, 6.45) is 11.3. The largest absolute Gasteiger partial charge is 0.316 e. The molecule has 0 bridgehead atoms. The van der Waals surface area contributed by atoms with E-state index in [9.17, 15) is 0 Å². The SMILES string of the molecule is CCC1(CNCCCNC2CC2)CCCC1. The summed E-state index contributed by atoms with van der Waals surface area (Å²) in [6.45, 7) is 6.02. The molecule has 16 heavy (non-hydrogen) atoms. The van der Waals surface area contributed by atoms with E-state index in [4.69, 9.17) is 0 Å². The van der Waals surface area contributed by atoms with Gasteiger partial charge in [-0.05, 0) is 57.0 Å². The Balaban J connectivity index is 1.49. The Kier molecular flexibility index (Phi) is 4.66. The summed E-state index contributed by atoms with van der Waals surface area (Å²) in [5, 5.41) is 7.24. The molecular formula is C14H28N2. The average molecular weight is 224 g/mol. The van der Waals surface area contributed by atoms with Gasteiger partial charge in [0.15, 0.2) is 0 Å². The molecule has 0 aliphatic heterocycles. The third-order valence-corrected chi connectivity index (χ3v) is 4.45. The zero-order valence-corrected chi connectivity index (χ0v) is 10.9. The van der Waals surface area contributed by atoms with Crippen LogP contribution in [0, 0.1) is 5.41 Å². The van der Waals surface area contributed by atoms with Gasteiger partial charge in [-0.3, -0.25) is 0 Å². The van der Waals surface area contributed by atoms with Gasteiger partial charge in [-0.25, -0.2) is 0 Å². The van der Waals surface area contributed by atoms with Gasteiger partial charge in [0.25, 0.3) is 0 Å². The minimum Gasteiger partial charge on any atom is -0.316 e. The van der Waals surface area contributed by atoms with Crippen LogP contribution in [0.15, 0.2) is 0 Å². The van der Waals surface area contributed by atoms with E-state index in [1.807, 2.05) is 0 Å². The van der Waals surface area contributed by atoms with Crippen LogP contribution < -0.4 is 10.6 Å². The van der Waals surface area contributed by atoms with Gasteiger partial charge in [0.1, 0.15) is 0 Å². The Bertz CT molecular complexity index is 193. The van der Waals surface area contributed by atoms with Crippen molar-refractivity contribution in [3.05, 3.63) is 0 Å². The summed E-state index contributed by atoms with van der Waals surface area (Å²) in [6, 6.07) is 0.872. The van der Waals surface area contributed by atoms with Crippen LogP contribution in [-0.2, 0) is 0 Å². The van der Waals surface area contributed by atoms with Crippen molar-refractivity contribution in [1.29, 1.82) is 0 Å². The predicted octanol–water partition coefficient (Wildman–Crippen LogP) is 2.69. The first kappa shape index (κ1) is 12.4. The fourth-order valence-electron chi connectivity index (χ4n) is 2.94.